The number of carbonyl (C=O) groups excluding carboxylic acids is 3. The lowest BCUT2D eigenvalue weighted by atomic mass is 9.67. The van der Waals surface area contributed by atoms with Crippen molar-refractivity contribution in [1.29, 1.82) is 0 Å². The molecule has 4 fully saturated rings. The predicted molar refractivity (Wildman–Crippen MR) is 194 cm³/mol. The third kappa shape index (κ3) is 7.24. The number of benzene rings is 3. The topological polar surface area (TPSA) is 93.2 Å². The van der Waals surface area contributed by atoms with Crippen molar-refractivity contribution in [2.24, 2.45) is 11.8 Å². The van der Waals surface area contributed by atoms with Gasteiger partial charge in [0, 0.05) is 45.6 Å². The summed E-state index contributed by atoms with van der Waals surface area (Å²) in [4.78, 5) is 48.4. The van der Waals surface area contributed by atoms with Gasteiger partial charge in [0.1, 0.15) is 12.1 Å². The van der Waals surface area contributed by atoms with Crippen LogP contribution >= 0.6 is 0 Å². The van der Waals surface area contributed by atoms with Gasteiger partial charge in [0.2, 0.25) is 17.7 Å². The van der Waals surface area contributed by atoms with Gasteiger partial charge in [-0.15, -0.1) is 0 Å². The molecule has 264 valence electrons. The lowest BCUT2D eigenvalue weighted by Gasteiger charge is -2.38. The SMILES string of the molecule is O=C(NCC1CCCN(CC2CCC2)C1)[C@H]1CCCN1C(=O)[C@@H]1C[C@@H](O)CN1C(=O)CC(c1ccccc1)(c1ccccc1)c1ccccc1. The molecule has 4 aliphatic rings. The fourth-order valence-electron chi connectivity index (χ4n) is 9.01. The summed E-state index contributed by atoms with van der Waals surface area (Å²) in [6, 6.07) is 28.8. The van der Waals surface area contributed by atoms with Gasteiger partial charge >= 0.3 is 0 Å². The van der Waals surface area contributed by atoms with Crippen molar-refractivity contribution in [3.05, 3.63) is 108 Å². The average Bonchev–Trinajstić information content (AvgIpc) is 3.80. The lowest BCUT2D eigenvalue weighted by Crippen LogP contribution is -2.54. The van der Waals surface area contributed by atoms with E-state index >= 15 is 0 Å². The van der Waals surface area contributed by atoms with Crippen molar-refractivity contribution in [3.8, 4) is 0 Å². The fourth-order valence-corrected chi connectivity index (χ4v) is 9.01. The molecule has 0 bridgehead atoms. The number of aliphatic hydroxyl groups is 1. The summed E-state index contributed by atoms with van der Waals surface area (Å²) >= 11 is 0. The summed E-state index contributed by atoms with van der Waals surface area (Å²) in [5.74, 6) is 0.741. The van der Waals surface area contributed by atoms with Gasteiger partial charge in [0.25, 0.3) is 0 Å². The van der Waals surface area contributed by atoms with Crippen LogP contribution in [0.25, 0.3) is 0 Å². The minimum Gasteiger partial charge on any atom is -0.391 e. The Hall–Kier alpha value is -4.01. The summed E-state index contributed by atoms with van der Waals surface area (Å²) in [6.45, 7) is 4.56. The molecule has 3 heterocycles. The van der Waals surface area contributed by atoms with E-state index in [1.807, 2.05) is 54.6 Å². The molecular weight excluding hydrogens is 624 g/mol. The average molecular weight is 677 g/mol. The maximum Gasteiger partial charge on any atom is 0.246 e. The van der Waals surface area contributed by atoms with Crippen LogP contribution in [-0.4, -0.2) is 95.0 Å². The molecule has 3 aliphatic heterocycles. The quantitative estimate of drug-likeness (QED) is 0.279. The second-order valence-electron chi connectivity index (χ2n) is 15.1. The van der Waals surface area contributed by atoms with E-state index in [1.54, 1.807) is 9.80 Å². The molecule has 1 aliphatic carbocycles. The molecule has 3 amide bonds. The van der Waals surface area contributed by atoms with E-state index < -0.39 is 23.6 Å². The molecular formula is C42H52N4O4. The van der Waals surface area contributed by atoms with Crippen LogP contribution in [0.1, 0.15) is 74.5 Å². The van der Waals surface area contributed by atoms with Crippen LogP contribution in [-0.2, 0) is 19.8 Å². The van der Waals surface area contributed by atoms with E-state index in [1.165, 1.54) is 25.8 Å². The number of carbonyl (C=O) groups is 3. The van der Waals surface area contributed by atoms with E-state index in [-0.39, 0.29) is 37.1 Å². The molecule has 2 N–H and O–H groups in total. The Balaban J connectivity index is 1.07. The lowest BCUT2D eigenvalue weighted by molar-refractivity contribution is -0.147. The number of hydrogen-bond acceptors (Lipinski definition) is 5. The van der Waals surface area contributed by atoms with Crippen LogP contribution in [0.2, 0.25) is 0 Å². The van der Waals surface area contributed by atoms with Crippen molar-refractivity contribution in [3.63, 3.8) is 0 Å². The molecule has 8 nitrogen and oxygen atoms in total. The largest absolute Gasteiger partial charge is 0.391 e. The molecule has 3 aromatic rings. The molecule has 1 saturated carbocycles. The van der Waals surface area contributed by atoms with E-state index in [2.05, 4.69) is 46.6 Å². The first-order valence-corrected chi connectivity index (χ1v) is 18.9. The highest BCUT2D eigenvalue weighted by Crippen LogP contribution is 2.43. The predicted octanol–water partition coefficient (Wildman–Crippen LogP) is 4.99. The van der Waals surface area contributed by atoms with E-state index in [0.29, 0.717) is 25.4 Å². The monoisotopic (exact) mass is 676 g/mol. The van der Waals surface area contributed by atoms with Crippen LogP contribution in [0.4, 0.5) is 0 Å². The van der Waals surface area contributed by atoms with Gasteiger partial charge in [-0.2, -0.15) is 0 Å². The summed E-state index contributed by atoms with van der Waals surface area (Å²) in [5, 5.41) is 14.1. The highest BCUT2D eigenvalue weighted by atomic mass is 16.3. The first kappa shape index (κ1) is 34.4. The van der Waals surface area contributed by atoms with Crippen molar-refractivity contribution in [2.45, 2.75) is 81.4 Å². The van der Waals surface area contributed by atoms with Gasteiger partial charge in [-0.25, -0.2) is 0 Å². The van der Waals surface area contributed by atoms with E-state index in [4.69, 9.17) is 0 Å². The second-order valence-corrected chi connectivity index (χ2v) is 15.1. The summed E-state index contributed by atoms with van der Waals surface area (Å²) in [7, 11) is 0. The Labute approximate surface area is 296 Å². The van der Waals surface area contributed by atoms with Gasteiger partial charge in [-0.3, -0.25) is 14.4 Å². The molecule has 3 saturated heterocycles. The Morgan fingerprint density at radius 3 is 1.84 bits per heavy atom. The molecule has 4 atom stereocenters. The zero-order valence-electron chi connectivity index (χ0n) is 29.2. The van der Waals surface area contributed by atoms with Crippen LogP contribution < -0.4 is 5.32 Å². The number of hydrogen-bond donors (Lipinski definition) is 2. The number of amides is 3. The van der Waals surface area contributed by atoms with Crippen LogP contribution in [0.15, 0.2) is 91.0 Å². The third-order valence-corrected chi connectivity index (χ3v) is 11.8. The highest BCUT2D eigenvalue weighted by molar-refractivity contribution is 5.93. The van der Waals surface area contributed by atoms with Crippen molar-refractivity contribution in [1.82, 2.24) is 20.0 Å². The Morgan fingerprint density at radius 1 is 0.680 bits per heavy atom. The van der Waals surface area contributed by atoms with Crippen LogP contribution in [0, 0.1) is 11.8 Å². The molecule has 3 aromatic carbocycles. The van der Waals surface area contributed by atoms with Crippen LogP contribution in [0.3, 0.4) is 0 Å². The standard InChI is InChI=1S/C42H52N4O4/c47-36-25-38(41(50)45-24-12-22-37(45)40(49)43-27-32-15-11-23-44(29-32)28-31-13-10-14-31)46(30-36)39(48)26-42(33-16-4-1-5-17-33,34-18-6-2-7-19-34)35-20-8-3-9-21-35/h1-9,16-21,31-32,36-38,47H,10-15,22-30H2,(H,43,49)/t32?,36-,37-,38+/m1/s1. The molecule has 7 rings (SSSR count). The number of β-amino-alcohol motifs (C(OH)–C–C–N with tert-alkyl or cyclic N) is 1. The zero-order chi connectivity index (χ0) is 34.5. The van der Waals surface area contributed by atoms with Crippen molar-refractivity contribution in [2.75, 3.05) is 39.3 Å². The van der Waals surface area contributed by atoms with Gasteiger partial charge in [-0.05, 0) is 73.6 Å². The number of piperidine rings is 1. The summed E-state index contributed by atoms with van der Waals surface area (Å²) in [6.07, 6.45) is 7.12. The van der Waals surface area contributed by atoms with Gasteiger partial charge < -0.3 is 25.1 Å². The number of aliphatic hydroxyl groups excluding tert-OH is 1. The van der Waals surface area contributed by atoms with Crippen LogP contribution in [0.5, 0.6) is 0 Å². The Bertz CT molecular complexity index is 1500. The smallest absolute Gasteiger partial charge is 0.246 e. The third-order valence-electron chi connectivity index (χ3n) is 11.8. The maximum atomic E-state index is 14.6. The first-order valence-electron chi connectivity index (χ1n) is 18.9. The van der Waals surface area contributed by atoms with Gasteiger partial charge in [-0.1, -0.05) is 97.4 Å². The Kier molecular flexibility index (Phi) is 10.7. The number of nitrogens with one attached hydrogen (secondary N) is 1. The normalized spacial score (nSPS) is 24.6. The molecule has 0 spiro atoms. The fraction of sp³-hybridized carbons (Fsp3) is 0.500. The van der Waals surface area contributed by atoms with Crippen molar-refractivity contribution >= 4 is 17.7 Å². The number of rotatable bonds is 11. The van der Waals surface area contributed by atoms with E-state index in [9.17, 15) is 19.5 Å². The molecule has 50 heavy (non-hydrogen) atoms. The minimum atomic E-state index is -0.815. The van der Waals surface area contributed by atoms with Crippen molar-refractivity contribution < 1.29 is 19.5 Å². The summed E-state index contributed by atoms with van der Waals surface area (Å²) in [5.41, 5.74) is 2.13. The molecule has 0 aromatic heterocycles. The maximum absolute atomic E-state index is 14.6. The number of likely N-dealkylation sites (tertiary alicyclic amines) is 3. The first-order chi connectivity index (χ1) is 24.4. The summed E-state index contributed by atoms with van der Waals surface area (Å²) < 4.78 is 0. The van der Waals surface area contributed by atoms with Gasteiger partial charge in [0.15, 0.2) is 0 Å². The Morgan fingerprint density at radius 2 is 1.26 bits per heavy atom. The van der Waals surface area contributed by atoms with E-state index in [0.717, 1.165) is 55.0 Å². The molecule has 0 radical (unpaired) electrons. The second kappa shape index (κ2) is 15.5. The number of nitrogens with zero attached hydrogens (tertiary/aromatic N) is 3. The zero-order valence-corrected chi connectivity index (χ0v) is 29.2. The molecule has 8 heteroatoms. The minimum absolute atomic E-state index is 0.0879. The highest BCUT2D eigenvalue weighted by Gasteiger charge is 2.47. The molecule has 1 unspecified atom stereocenters. The van der Waals surface area contributed by atoms with Gasteiger partial charge in [0.05, 0.1) is 11.5 Å².